The zero-order valence-corrected chi connectivity index (χ0v) is 11.3. The standard InChI is InChI=1S/C15H28N2/c1-2-15(9-16-14-7-8-14)17(10-12-3-4-12)11-13-5-6-13/h12-16H,2-11H2,1H3. The van der Waals surface area contributed by atoms with Crippen LogP contribution < -0.4 is 5.32 Å². The van der Waals surface area contributed by atoms with Crippen LogP contribution in [0.1, 0.15) is 51.9 Å². The molecule has 2 heteroatoms. The van der Waals surface area contributed by atoms with E-state index < -0.39 is 0 Å². The Bertz CT molecular complexity index is 227. The van der Waals surface area contributed by atoms with Crippen LogP contribution in [-0.2, 0) is 0 Å². The van der Waals surface area contributed by atoms with Gasteiger partial charge in [-0.15, -0.1) is 0 Å². The first kappa shape index (κ1) is 12.0. The van der Waals surface area contributed by atoms with Gasteiger partial charge in [-0.1, -0.05) is 6.92 Å². The van der Waals surface area contributed by atoms with Crippen LogP contribution in [0.4, 0.5) is 0 Å². The molecule has 1 N–H and O–H groups in total. The highest BCUT2D eigenvalue weighted by molar-refractivity contribution is 4.88. The second-order valence-corrected chi connectivity index (χ2v) is 6.59. The minimum absolute atomic E-state index is 0.803. The summed E-state index contributed by atoms with van der Waals surface area (Å²) in [7, 11) is 0. The number of nitrogens with zero attached hydrogens (tertiary/aromatic N) is 1. The molecule has 1 unspecified atom stereocenters. The molecule has 0 aliphatic heterocycles. The first-order chi connectivity index (χ1) is 8.35. The van der Waals surface area contributed by atoms with Crippen LogP contribution >= 0.6 is 0 Å². The highest BCUT2D eigenvalue weighted by Crippen LogP contribution is 2.34. The molecular formula is C15H28N2. The molecule has 0 aromatic heterocycles. The van der Waals surface area contributed by atoms with Gasteiger partial charge in [0.2, 0.25) is 0 Å². The van der Waals surface area contributed by atoms with Crippen molar-refractivity contribution in [3.63, 3.8) is 0 Å². The molecule has 3 aliphatic carbocycles. The fourth-order valence-corrected chi connectivity index (χ4v) is 2.76. The molecule has 0 saturated heterocycles. The third-order valence-electron chi connectivity index (χ3n) is 4.59. The summed E-state index contributed by atoms with van der Waals surface area (Å²) in [5.41, 5.74) is 0. The zero-order valence-electron chi connectivity index (χ0n) is 11.3. The SMILES string of the molecule is CCC(CNC1CC1)N(CC1CC1)CC1CC1. The van der Waals surface area contributed by atoms with Crippen molar-refractivity contribution in [3.8, 4) is 0 Å². The van der Waals surface area contributed by atoms with Crippen molar-refractivity contribution in [2.45, 2.75) is 64.0 Å². The number of hydrogen-bond donors (Lipinski definition) is 1. The Kier molecular flexibility index (Phi) is 3.72. The largest absolute Gasteiger partial charge is 0.312 e. The lowest BCUT2D eigenvalue weighted by Gasteiger charge is -2.31. The molecule has 17 heavy (non-hydrogen) atoms. The van der Waals surface area contributed by atoms with Gasteiger partial charge in [-0.3, -0.25) is 4.90 Å². The Morgan fingerprint density at radius 3 is 2.00 bits per heavy atom. The van der Waals surface area contributed by atoms with Crippen LogP contribution in [0, 0.1) is 11.8 Å². The Hall–Kier alpha value is -0.0800. The van der Waals surface area contributed by atoms with Crippen molar-refractivity contribution in [2.24, 2.45) is 11.8 Å². The smallest absolute Gasteiger partial charge is 0.0218 e. The average molecular weight is 236 g/mol. The maximum absolute atomic E-state index is 3.73. The predicted octanol–water partition coefficient (Wildman–Crippen LogP) is 2.64. The second kappa shape index (κ2) is 5.27. The Balaban J connectivity index is 1.48. The van der Waals surface area contributed by atoms with Crippen LogP contribution in [0.5, 0.6) is 0 Å². The van der Waals surface area contributed by atoms with Crippen LogP contribution in [0.3, 0.4) is 0 Å². The normalized spacial score (nSPS) is 26.5. The topological polar surface area (TPSA) is 15.3 Å². The van der Waals surface area contributed by atoms with Crippen molar-refractivity contribution in [1.29, 1.82) is 0 Å². The van der Waals surface area contributed by atoms with E-state index in [1.54, 1.807) is 0 Å². The van der Waals surface area contributed by atoms with Gasteiger partial charge in [-0.05, 0) is 56.8 Å². The van der Waals surface area contributed by atoms with E-state index in [2.05, 4.69) is 17.1 Å². The fourth-order valence-electron chi connectivity index (χ4n) is 2.76. The molecule has 0 amide bonds. The van der Waals surface area contributed by atoms with E-state index in [-0.39, 0.29) is 0 Å². The van der Waals surface area contributed by atoms with Crippen LogP contribution in [0.2, 0.25) is 0 Å². The molecule has 0 heterocycles. The molecule has 3 saturated carbocycles. The first-order valence-corrected chi connectivity index (χ1v) is 7.82. The molecule has 0 aromatic rings. The summed E-state index contributed by atoms with van der Waals surface area (Å²) in [5.74, 6) is 2.09. The minimum Gasteiger partial charge on any atom is -0.312 e. The molecule has 0 bridgehead atoms. The van der Waals surface area contributed by atoms with Crippen LogP contribution in [0.25, 0.3) is 0 Å². The first-order valence-electron chi connectivity index (χ1n) is 7.82. The molecule has 0 radical (unpaired) electrons. The lowest BCUT2D eigenvalue weighted by molar-refractivity contribution is 0.171. The summed E-state index contributed by atoms with van der Waals surface area (Å²) in [6.07, 6.45) is 10.1. The molecule has 0 aromatic carbocycles. The van der Waals surface area contributed by atoms with E-state index in [4.69, 9.17) is 0 Å². The van der Waals surface area contributed by atoms with E-state index in [0.717, 1.165) is 23.9 Å². The van der Waals surface area contributed by atoms with Gasteiger partial charge in [0.25, 0.3) is 0 Å². The van der Waals surface area contributed by atoms with Crippen molar-refractivity contribution in [2.75, 3.05) is 19.6 Å². The summed E-state index contributed by atoms with van der Waals surface area (Å²) >= 11 is 0. The van der Waals surface area contributed by atoms with Gasteiger partial charge in [-0.2, -0.15) is 0 Å². The van der Waals surface area contributed by atoms with Crippen LogP contribution in [-0.4, -0.2) is 36.6 Å². The van der Waals surface area contributed by atoms with Gasteiger partial charge >= 0.3 is 0 Å². The molecule has 3 fully saturated rings. The van der Waals surface area contributed by atoms with Gasteiger partial charge < -0.3 is 5.32 Å². The average Bonchev–Trinajstić information content (AvgIpc) is 3.11. The maximum Gasteiger partial charge on any atom is 0.0218 e. The second-order valence-electron chi connectivity index (χ2n) is 6.59. The molecular weight excluding hydrogens is 208 g/mol. The quantitative estimate of drug-likeness (QED) is 0.662. The lowest BCUT2D eigenvalue weighted by Crippen LogP contribution is -2.44. The minimum atomic E-state index is 0.803. The van der Waals surface area contributed by atoms with Gasteiger partial charge in [0, 0.05) is 31.7 Å². The van der Waals surface area contributed by atoms with Gasteiger partial charge in [-0.25, -0.2) is 0 Å². The Labute approximate surface area is 106 Å². The molecule has 98 valence electrons. The number of hydrogen-bond acceptors (Lipinski definition) is 2. The van der Waals surface area contributed by atoms with E-state index in [1.165, 1.54) is 64.6 Å². The van der Waals surface area contributed by atoms with Gasteiger partial charge in [0.15, 0.2) is 0 Å². The Morgan fingerprint density at radius 1 is 1.00 bits per heavy atom. The third-order valence-corrected chi connectivity index (χ3v) is 4.59. The lowest BCUT2D eigenvalue weighted by atomic mass is 10.1. The fraction of sp³-hybridized carbons (Fsp3) is 1.00. The summed E-state index contributed by atoms with van der Waals surface area (Å²) in [5, 5.41) is 3.73. The molecule has 2 nitrogen and oxygen atoms in total. The van der Waals surface area contributed by atoms with Gasteiger partial charge in [0.05, 0.1) is 0 Å². The highest BCUT2D eigenvalue weighted by Gasteiger charge is 2.32. The summed E-state index contributed by atoms with van der Waals surface area (Å²) < 4.78 is 0. The number of rotatable bonds is 9. The van der Waals surface area contributed by atoms with E-state index in [9.17, 15) is 0 Å². The van der Waals surface area contributed by atoms with Crippen molar-refractivity contribution >= 4 is 0 Å². The third kappa shape index (κ3) is 3.96. The molecule has 3 aliphatic rings. The monoisotopic (exact) mass is 236 g/mol. The number of nitrogens with one attached hydrogen (secondary N) is 1. The van der Waals surface area contributed by atoms with Crippen molar-refractivity contribution in [3.05, 3.63) is 0 Å². The van der Waals surface area contributed by atoms with E-state index in [0.29, 0.717) is 0 Å². The van der Waals surface area contributed by atoms with Gasteiger partial charge in [0.1, 0.15) is 0 Å². The Morgan fingerprint density at radius 2 is 1.59 bits per heavy atom. The van der Waals surface area contributed by atoms with Crippen molar-refractivity contribution in [1.82, 2.24) is 10.2 Å². The summed E-state index contributed by atoms with van der Waals surface area (Å²) in [6, 6.07) is 1.67. The molecule has 1 atom stereocenters. The van der Waals surface area contributed by atoms with E-state index in [1.807, 2.05) is 0 Å². The molecule has 0 spiro atoms. The highest BCUT2D eigenvalue weighted by atomic mass is 15.2. The van der Waals surface area contributed by atoms with Crippen LogP contribution in [0.15, 0.2) is 0 Å². The predicted molar refractivity (Wildman–Crippen MR) is 72.1 cm³/mol. The van der Waals surface area contributed by atoms with E-state index >= 15 is 0 Å². The maximum atomic E-state index is 3.73. The summed E-state index contributed by atoms with van der Waals surface area (Å²) in [4.78, 5) is 2.82. The molecule has 3 rings (SSSR count). The zero-order chi connectivity index (χ0) is 11.7. The summed E-state index contributed by atoms with van der Waals surface area (Å²) in [6.45, 7) is 6.38. The van der Waals surface area contributed by atoms with Crippen molar-refractivity contribution < 1.29 is 0 Å².